The summed E-state index contributed by atoms with van der Waals surface area (Å²) in [6, 6.07) is 18.7. The molecule has 3 nitrogen and oxygen atoms in total. The molecule has 0 atom stereocenters. The molecule has 3 aromatic rings. The molecule has 106 valence electrons. The third-order valence-corrected chi connectivity index (χ3v) is 5.26. The first kappa shape index (κ1) is 13.8. The van der Waals surface area contributed by atoms with Crippen molar-refractivity contribution < 1.29 is 0 Å². The number of rotatable bonds is 3. The molecular formula is C17H19N3Si. The molecule has 0 unspecified atom stereocenters. The minimum absolute atomic E-state index is 1.07. The molecule has 0 aliphatic heterocycles. The molecule has 1 heterocycles. The highest BCUT2D eigenvalue weighted by Gasteiger charge is 2.21. The van der Waals surface area contributed by atoms with E-state index >= 15 is 0 Å². The zero-order valence-corrected chi connectivity index (χ0v) is 13.6. The maximum absolute atomic E-state index is 4.37. The van der Waals surface area contributed by atoms with Gasteiger partial charge < -0.3 is 0 Å². The summed E-state index contributed by atoms with van der Waals surface area (Å²) < 4.78 is 1.90. The molecule has 0 saturated carbocycles. The lowest BCUT2D eigenvalue weighted by molar-refractivity contribution is 0.806. The summed E-state index contributed by atoms with van der Waals surface area (Å²) in [6.07, 6.45) is 2.08. The summed E-state index contributed by atoms with van der Waals surface area (Å²) in [6.45, 7) is 6.85. The van der Waals surface area contributed by atoms with Crippen LogP contribution in [-0.4, -0.2) is 23.1 Å². The molecule has 3 rings (SSSR count). The van der Waals surface area contributed by atoms with E-state index in [1.807, 2.05) is 16.8 Å². The molecule has 0 saturated heterocycles. The first-order valence-corrected chi connectivity index (χ1v) is 10.6. The molecule has 0 N–H and O–H groups in total. The van der Waals surface area contributed by atoms with Crippen LogP contribution in [0, 0.1) is 0 Å². The van der Waals surface area contributed by atoms with Gasteiger partial charge in [0.2, 0.25) is 0 Å². The van der Waals surface area contributed by atoms with E-state index in [1.54, 1.807) is 0 Å². The number of benzene rings is 2. The Morgan fingerprint density at radius 1 is 0.857 bits per heavy atom. The monoisotopic (exact) mass is 293 g/mol. The average molecular weight is 293 g/mol. The average Bonchev–Trinajstić information content (AvgIpc) is 2.98. The first-order valence-electron chi connectivity index (χ1n) is 7.13. The van der Waals surface area contributed by atoms with Crippen LogP contribution < -0.4 is 5.32 Å². The number of hydrogen-bond donors (Lipinski definition) is 0. The minimum Gasteiger partial charge on any atom is -0.220 e. The zero-order valence-electron chi connectivity index (χ0n) is 12.6. The number of aromatic nitrogens is 3. The van der Waals surface area contributed by atoms with Gasteiger partial charge in [-0.15, -0.1) is 5.10 Å². The van der Waals surface area contributed by atoms with E-state index < -0.39 is 8.07 Å². The van der Waals surface area contributed by atoms with E-state index in [1.165, 1.54) is 11.1 Å². The first-order chi connectivity index (χ1) is 10.1. The molecule has 21 heavy (non-hydrogen) atoms. The fourth-order valence-electron chi connectivity index (χ4n) is 2.26. The van der Waals surface area contributed by atoms with Gasteiger partial charge in [0.15, 0.2) is 0 Å². The van der Waals surface area contributed by atoms with Crippen molar-refractivity contribution in [3.05, 3.63) is 60.8 Å². The number of hydrogen-bond acceptors (Lipinski definition) is 2. The molecule has 0 amide bonds. The van der Waals surface area contributed by atoms with Crippen LogP contribution in [0.3, 0.4) is 0 Å². The van der Waals surface area contributed by atoms with Gasteiger partial charge in [-0.2, -0.15) is 0 Å². The zero-order chi connectivity index (χ0) is 14.9. The normalized spacial score (nSPS) is 11.6. The Balaban J connectivity index is 2.10. The minimum atomic E-state index is -1.44. The van der Waals surface area contributed by atoms with Crippen molar-refractivity contribution in [2.75, 3.05) is 0 Å². The maximum Gasteiger partial charge on any atom is 0.106 e. The standard InChI is InChI=1S/C17H19N3Si/c1-21(2,3)17-13-20(19-18-17)16-12-8-7-11-15(16)14-9-5-4-6-10-14/h4-13H,1-3H3. The molecule has 1 aromatic heterocycles. The second kappa shape index (κ2) is 5.29. The van der Waals surface area contributed by atoms with Gasteiger partial charge in [-0.05, 0) is 11.6 Å². The van der Waals surface area contributed by atoms with Crippen LogP contribution in [0.1, 0.15) is 0 Å². The lowest BCUT2D eigenvalue weighted by Gasteiger charge is -2.11. The maximum atomic E-state index is 4.37. The molecule has 0 aliphatic rings. The molecule has 0 radical (unpaired) electrons. The lowest BCUT2D eigenvalue weighted by Crippen LogP contribution is -2.38. The van der Waals surface area contributed by atoms with Crippen LogP contribution in [0.15, 0.2) is 60.8 Å². The second-order valence-electron chi connectivity index (χ2n) is 6.18. The molecule has 0 aliphatic carbocycles. The van der Waals surface area contributed by atoms with Crippen LogP contribution in [0.5, 0.6) is 0 Å². The van der Waals surface area contributed by atoms with Crippen molar-refractivity contribution in [1.29, 1.82) is 0 Å². The second-order valence-corrected chi connectivity index (χ2v) is 11.2. The quantitative estimate of drug-likeness (QED) is 0.692. The lowest BCUT2D eigenvalue weighted by atomic mass is 10.0. The highest BCUT2D eigenvalue weighted by molar-refractivity contribution is 6.88. The van der Waals surface area contributed by atoms with Crippen LogP contribution >= 0.6 is 0 Å². The highest BCUT2D eigenvalue weighted by Crippen LogP contribution is 2.25. The number of para-hydroxylation sites is 1. The van der Waals surface area contributed by atoms with Crippen LogP contribution in [0.4, 0.5) is 0 Å². The molecule has 2 aromatic carbocycles. The third kappa shape index (κ3) is 2.80. The van der Waals surface area contributed by atoms with Crippen molar-refractivity contribution in [3.63, 3.8) is 0 Å². The fourth-order valence-corrected chi connectivity index (χ4v) is 3.11. The molecule has 4 heteroatoms. The van der Waals surface area contributed by atoms with Crippen molar-refractivity contribution in [2.24, 2.45) is 0 Å². The molecule has 0 spiro atoms. The summed E-state index contributed by atoms with van der Waals surface area (Å²) in [5.74, 6) is 0. The van der Waals surface area contributed by atoms with Crippen LogP contribution in [0.25, 0.3) is 16.8 Å². The Labute approximate surface area is 126 Å². The summed E-state index contributed by atoms with van der Waals surface area (Å²) in [5.41, 5.74) is 3.43. The van der Waals surface area contributed by atoms with Crippen molar-refractivity contribution in [1.82, 2.24) is 15.0 Å². The fraction of sp³-hybridized carbons (Fsp3) is 0.176. The Morgan fingerprint density at radius 3 is 2.19 bits per heavy atom. The van der Waals surface area contributed by atoms with Gasteiger partial charge >= 0.3 is 0 Å². The third-order valence-electron chi connectivity index (χ3n) is 3.50. The van der Waals surface area contributed by atoms with E-state index in [4.69, 9.17) is 0 Å². The molecular weight excluding hydrogens is 274 g/mol. The Bertz CT molecular complexity index is 742. The highest BCUT2D eigenvalue weighted by atomic mass is 28.3. The molecule has 0 fully saturated rings. The van der Waals surface area contributed by atoms with Gasteiger partial charge in [0, 0.05) is 11.8 Å². The Kier molecular flexibility index (Phi) is 3.47. The predicted octanol–water partition coefficient (Wildman–Crippen LogP) is 3.48. The predicted molar refractivity (Wildman–Crippen MR) is 89.8 cm³/mol. The summed E-state index contributed by atoms with van der Waals surface area (Å²) in [4.78, 5) is 0. The van der Waals surface area contributed by atoms with Gasteiger partial charge in [0.25, 0.3) is 0 Å². The topological polar surface area (TPSA) is 30.7 Å². The van der Waals surface area contributed by atoms with Crippen molar-refractivity contribution >= 4 is 13.4 Å². The van der Waals surface area contributed by atoms with Crippen molar-refractivity contribution in [2.45, 2.75) is 19.6 Å². The SMILES string of the molecule is C[Si](C)(C)c1cn(-c2ccccc2-c2ccccc2)nn1. The van der Waals surface area contributed by atoms with E-state index in [0.29, 0.717) is 0 Å². The van der Waals surface area contributed by atoms with Crippen LogP contribution in [0.2, 0.25) is 19.6 Å². The Morgan fingerprint density at radius 2 is 1.52 bits per heavy atom. The van der Waals surface area contributed by atoms with Crippen molar-refractivity contribution in [3.8, 4) is 16.8 Å². The van der Waals surface area contributed by atoms with E-state index in [9.17, 15) is 0 Å². The largest absolute Gasteiger partial charge is 0.220 e. The van der Waals surface area contributed by atoms with E-state index in [2.05, 4.69) is 78.6 Å². The van der Waals surface area contributed by atoms with Crippen LogP contribution in [-0.2, 0) is 0 Å². The van der Waals surface area contributed by atoms with Gasteiger partial charge in [-0.25, -0.2) is 4.68 Å². The van der Waals surface area contributed by atoms with Gasteiger partial charge in [-0.1, -0.05) is 73.4 Å². The van der Waals surface area contributed by atoms with Gasteiger partial charge in [0.1, 0.15) is 8.07 Å². The Hall–Kier alpha value is -2.20. The summed E-state index contributed by atoms with van der Waals surface area (Å²) >= 11 is 0. The van der Waals surface area contributed by atoms with Gasteiger partial charge in [-0.3, -0.25) is 0 Å². The van der Waals surface area contributed by atoms with Gasteiger partial charge in [0.05, 0.1) is 11.0 Å². The molecule has 0 bridgehead atoms. The summed E-state index contributed by atoms with van der Waals surface area (Å²) in [5, 5.41) is 9.84. The smallest absolute Gasteiger partial charge is 0.106 e. The summed E-state index contributed by atoms with van der Waals surface area (Å²) in [7, 11) is -1.44. The van der Waals surface area contributed by atoms with E-state index in [-0.39, 0.29) is 0 Å². The number of nitrogens with zero attached hydrogens (tertiary/aromatic N) is 3. The van der Waals surface area contributed by atoms with E-state index in [0.717, 1.165) is 11.0 Å².